The summed E-state index contributed by atoms with van der Waals surface area (Å²) in [5, 5.41) is 0. The van der Waals surface area contributed by atoms with Crippen molar-refractivity contribution in [3.63, 3.8) is 0 Å². The molecule has 2 aliphatic rings. The Morgan fingerprint density at radius 1 is 1.23 bits per heavy atom. The molecule has 0 N–H and O–H groups in total. The summed E-state index contributed by atoms with van der Waals surface area (Å²) < 4.78 is 27.1. The van der Waals surface area contributed by atoms with E-state index < -0.39 is 10.1 Å². The van der Waals surface area contributed by atoms with E-state index in [1.807, 2.05) is 12.2 Å². The molecule has 4 heteroatoms. The van der Waals surface area contributed by atoms with Crippen molar-refractivity contribution < 1.29 is 12.6 Å². The molecular weight excluding hydrogens is 188 g/mol. The van der Waals surface area contributed by atoms with Crippen LogP contribution in [-0.4, -0.2) is 15.5 Å². The molecule has 13 heavy (non-hydrogen) atoms. The van der Waals surface area contributed by atoms with Crippen LogP contribution in [-0.2, 0) is 14.3 Å². The lowest BCUT2D eigenvalue weighted by atomic mass is 10.2. The Kier molecular flexibility index (Phi) is 1.75. The molecule has 0 aromatic rings. The molecule has 2 aliphatic carbocycles. The molecule has 0 saturated heterocycles. The highest BCUT2D eigenvalue weighted by Gasteiger charge is 2.24. The summed E-state index contributed by atoms with van der Waals surface area (Å²) >= 11 is 0. The Balaban J connectivity index is 2.59. The van der Waals surface area contributed by atoms with Gasteiger partial charge in [-0.3, -0.25) is 4.18 Å². The van der Waals surface area contributed by atoms with Crippen LogP contribution in [0.15, 0.2) is 46.4 Å². The molecule has 0 atom stereocenters. The maximum absolute atomic E-state index is 11.4. The van der Waals surface area contributed by atoms with Crippen molar-refractivity contribution >= 4 is 10.1 Å². The fourth-order valence-electron chi connectivity index (χ4n) is 1.37. The Morgan fingerprint density at radius 2 is 2.00 bits per heavy atom. The second-order valence-corrected chi connectivity index (χ2v) is 4.39. The first kappa shape index (κ1) is 8.47. The van der Waals surface area contributed by atoms with Gasteiger partial charge in [0.1, 0.15) is 4.91 Å². The van der Waals surface area contributed by atoms with Crippen molar-refractivity contribution in [2.75, 3.05) is 7.11 Å². The molecule has 68 valence electrons. The zero-order valence-electron chi connectivity index (χ0n) is 7.02. The van der Waals surface area contributed by atoms with Crippen LogP contribution in [0, 0.1) is 0 Å². The fourth-order valence-corrected chi connectivity index (χ4v) is 2.24. The number of allylic oxidation sites excluding steroid dienone is 7. The molecule has 0 aromatic carbocycles. The van der Waals surface area contributed by atoms with Crippen LogP contribution in [0.3, 0.4) is 0 Å². The molecule has 0 aromatic heterocycles. The van der Waals surface area contributed by atoms with Gasteiger partial charge in [-0.05, 0) is 11.6 Å². The van der Waals surface area contributed by atoms with E-state index in [2.05, 4.69) is 4.18 Å². The van der Waals surface area contributed by atoms with E-state index in [1.54, 1.807) is 18.2 Å². The van der Waals surface area contributed by atoms with Gasteiger partial charge in [0.25, 0.3) is 10.1 Å². The van der Waals surface area contributed by atoms with E-state index in [4.69, 9.17) is 0 Å². The minimum absolute atomic E-state index is 0.245. The quantitative estimate of drug-likeness (QED) is 0.625. The second kappa shape index (κ2) is 2.68. The van der Waals surface area contributed by atoms with E-state index in [9.17, 15) is 8.42 Å². The highest BCUT2D eigenvalue weighted by Crippen LogP contribution is 2.32. The zero-order valence-corrected chi connectivity index (χ0v) is 7.84. The lowest BCUT2D eigenvalue weighted by Crippen LogP contribution is -2.04. The van der Waals surface area contributed by atoms with Crippen LogP contribution in [0.1, 0.15) is 0 Å². The molecule has 0 aliphatic heterocycles. The van der Waals surface area contributed by atoms with Gasteiger partial charge in [0.2, 0.25) is 0 Å². The summed E-state index contributed by atoms with van der Waals surface area (Å²) in [5.74, 6) is 0. The van der Waals surface area contributed by atoms with Crippen molar-refractivity contribution in [1.29, 1.82) is 0 Å². The van der Waals surface area contributed by atoms with Gasteiger partial charge in [0.05, 0.1) is 7.11 Å². The predicted molar refractivity (Wildman–Crippen MR) is 49.3 cm³/mol. The molecule has 0 amide bonds. The molecule has 0 bridgehead atoms. The van der Waals surface area contributed by atoms with Gasteiger partial charge in [0.15, 0.2) is 0 Å². The van der Waals surface area contributed by atoms with Gasteiger partial charge in [0, 0.05) is 5.57 Å². The molecule has 0 fully saturated rings. The van der Waals surface area contributed by atoms with Crippen molar-refractivity contribution in [2.24, 2.45) is 0 Å². The van der Waals surface area contributed by atoms with Crippen molar-refractivity contribution in [3.05, 3.63) is 46.4 Å². The van der Waals surface area contributed by atoms with Crippen molar-refractivity contribution in [2.45, 2.75) is 0 Å². The lowest BCUT2D eigenvalue weighted by Gasteiger charge is -2.01. The molecule has 0 radical (unpaired) electrons. The standard InChI is InChI=1S/C9H8O3S/c1-12-13(10,11)9-6-5-7-3-2-4-8(7)9/h2-6H,1H3. The first-order chi connectivity index (χ1) is 6.15. The summed E-state index contributed by atoms with van der Waals surface area (Å²) in [4.78, 5) is 0.245. The SMILES string of the molecule is COS(=O)(=O)C1=C2C=CC=C2C=C1. The maximum Gasteiger partial charge on any atom is 0.297 e. The summed E-state index contributed by atoms with van der Waals surface area (Å²) in [7, 11) is -2.39. The van der Waals surface area contributed by atoms with E-state index in [0.717, 1.165) is 18.3 Å². The van der Waals surface area contributed by atoms with Crippen LogP contribution in [0.5, 0.6) is 0 Å². The average Bonchev–Trinajstić information content (AvgIpc) is 2.62. The minimum Gasteiger partial charge on any atom is -0.270 e. The first-order valence-corrected chi connectivity index (χ1v) is 5.18. The van der Waals surface area contributed by atoms with Crippen molar-refractivity contribution in [1.82, 2.24) is 0 Å². The van der Waals surface area contributed by atoms with E-state index in [1.165, 1.54) is 0 Å². The summed E-state index contributed by atoms with van der Waals surface area (Å²) in [6, 6.07) is 0. The topological polar surface area (TPSA) is 43.4 Å². The third kappa shape index (κ3) is 1.18. The normalized spacial score (nSPS) is 19.6. The van der Waals surface area contributed by atoms with E-state index in [0.29, 0.717) is 0 Å². The van der Waals surface area contributed by atoms with Gasteiger partial charge in [-0.25, -0.2) is 0 Å². The molecule has 0 unspecified atom stereocenters. The summed E-state index contributed by atoms with van der Waals surface area (Å²) in [6.07, 6.45) is 8.77. The maximum atomic E-state index is 11.4. The monoisotopic (exact) mass is 196 g/mol. The Morgan fingerprint density at radius 3 is 2.69 bits per heavy atom. The highest BCUT2D eigenvalue weighted by molar-refractivity contribution is 7.91. The summed E-state index contributed by atoms with van der Waals surface area (Å²) in [5.41, 5.74) is 1.65. The smallest absolute Gasteiger partial charge is 0.270 e. The van der Waals surface area contributed by atoms with Crippen LogP contribution in [0.4, 0.5) is 0 Å². The molecule has 0 spiro atoms. The minimum atomic E-state index is -3.55. The largest absolute Gasteiger partial charge is 0.297 e. The highest BCUT2D eigenvalue weighted by atomic mass is 32.2. The van der Waals surface area contributed by atoms with E-state index >= 15 is 0 Å². The number of fused-ring (bicyclic) bond motifs is 1. The zero-order chi connectivity index (χ0) is 9.47. The van der Waals surface area contributed by atoms with Gasteiger partial charge in [-0.1, -0.05) is 24.3 Å². The van der Waals surface area contributed by atoms with Gasteiger partial charge in [-0.2, -0.15) is 8.42 Å². The molecule has 3 nitrogen and oxygen atoms in total. The van der Waals surface area contributed by atoms with Crippen LogP contribution >= 0.6 is 0 Å². The van der Waals surface area contributed by atoms with Gasteiger partial charge >= 0.3 is 0 Å². The molecule has 0 heterocycles. The second-order valence-electron chi connectivity index (χ2n) is 2.71. The molecule has 2 rings (SSSR count). The number of hydrogen-bond acceptors (Lipinski definition) is 3. The van der Waals surface area contributed by atoms with Gasteiger partial charge < -0.3 is 0 Å². The molecular formula is C9H8O3S. The van der Waals surface area contributed by atoms with Crippen LogP contribution in [0.25, 0.3) is 0 Å². The Bertz CT molecular complexity index is 461. The number of rotatable bonds is 2. The van der Waals surface area contributed by atoms with Crippen molar-refractivity contribution in [3.8, 4) is 0 Å². The summed E-state index contributed by atoms with van der Waals surface area (Å²) in [6.45, 7) is 0. The Hall–Kier alpha value is -1.13. The van der Waals surface area contributed by atoms with E-state index in [-0.39, 0.29) is 4.91 Å². The van der Waals surface area contributed by atoms with Gasteiger partial charge in [-0.15, -0.1) is 0 Å². The van der Waals surface area contributed by atoms with Crippen LogP contribution < -0.4 is 0 Å². The van der Waals surface area contributed by atoms with Crippen LogP contribution in [0.2, 0.25) is 0 Å². The fraction of sp³-hybridized carbons (Fsp3) is 0.111. The third-order valence-electron chi connectivity index (χ3n) is 2.02. The number of hydrogen-bond donors (Lipinski definition) is 0. The third-order valence-corrected chi connectivity index (χ3v) is 3.35. The Labute approximate surface area is 76.8 Å². The average molecular weight is 196 g/mol. The predicted octanol–water partition coefficient (Wildman–Crippen LogP) is 1.28. The molecule has 0 saturated carbocycles. The lowest BCUT2D eigenvalue weighted by molar-refractivity contribution is 0.404. The first-order valence-electron chi connectivity index (χ1n) is 3.77.